The number of pyridine rings is 1. The number of phenols is 1. The van der Waals surface area contributed by atoms with Gasteiger partial charge in [0.15, 0.2) is 11.5 Å². The minimum atomic E-state index is -0.156. The summed E-state index contributed by atoms with van der Waals surface area (Å²) in [5.41, 5.74) is 6.28. The highest BCUT2D eigenvalue weighted by molar-refractivity contribution is 7.99. The highest BCUT2D eigenvalue weighted by Crippen LogP contribution is 2.34. The number of carbonyl (C=O) groups excluding carboxylic acids is 1. The first kappa shape index (κ1) is 34.9. The number of aromatic nitrogens is 5. The summed E-state index contributed by atoms with van der Waals surface area (Å²) in [6.45, 7) is 10.7. The molecule has 0 saturated carbocycles. The number of ketones is 1. The standard InChI is InChI=1S/C40H41ClN6O3S/c1-40(2,3)37-23-30(47(44-37)29-9-6-7-27(21-29)25-45-17-19-50-20-18-45)22-31(48)12-11-28-8-4-5-10-36(28)51-33-14-16-38-42-43-39(46(38)26-33)34-24-32(49)13-15-35(34)41/h4-10,13-16,21,23-24,26,49H,11-12,17-20,22,25H2,1-3H3. The van der Waals surface area contributed by atoms with Crippen LogP contribution < -0.4 is 0 Å². The van der Waals surface area contributed by atoms with E-state index in [2.05, 4.69) is 78.3 Å². The van der Waals surface area contributed by atoms with Gasteiger partial charge in [0.25, 0.3) is 0 Å². The number of aryl methyl sites for hydroxylation is 1. The fourth-order valence-electron chi connectivity index (χ4n) is 6.24. The normalized spacial score (nSPS) is 14.0. The fraction of sp³-hybridized carbons (Fsp3) is 0.300. The Balaban J connectivity index is 1.07. The van der Waals surface area contributed by atoms with Gasteiger partial charge in [-0.05, 0) is 72.1 Å². The summed E-state index contributed by atoms with van der Waals surface area (Å²) in [5, 5.41) is 24.2. The second kappa shape index (κ2) is 15.0. The number of hydrogen-bond acceptors (Lipinski definition) is 8. The third kappa shape index (κ3) is 8.20. The van der Waals surface area contributed by atoms with Crippen LogP contribution in [0, 0.1) is 0 Å². The molecule has 1 aliphatic rings. The van der Waals surface area contributed by atoms with E-state index in [9.17, 15) is 9.90 Å². The molecule has 1 saturated heterocycles. The molecule has 1 N–H and O–H groups in total. The Morgan fingerprint density at radius 1 is 0.961 bits per heavy atom. The smallest absolute Gasteiger partial charge is 0.170 e. The lowest BCUT2D eigenvalue weighted by Crippen LogP contribution is -2.35. The number of fused-ring (bicyclic) bond motifs is 1. The van der Waals surface area contributed by atoms with Gasteiger partial charge in [-0.2, -0.15) is 5.10 Å². The number of Topliss-reactive ketones (excluding diaryl/α,β-unsaturated/α-hetero) is 1. The highest BCUT2D eigenvalue weighted by Gasteiger charge is 2.22. The van der Waals surface area contributed by atoms with Gasteiger partial charge in [0.05, 0.1) is 35.3 Å². The summed E-state index contributed by atoms with van der Waals surface area (Å²) in [5.74, 6) is 0.817. The van der Waals surface area contributed by atoms with Gasteiger partial charge >= 0.3 is 0 Å². The van der Waals surface area contributed by atoms with E-state index in [1.807, 2.05) is 39.5 Å². The SMILES string of the molecule is CC(C)(C)c1cc(CC(=O)CCc2ccccc2Sc2ccc3nnc(-c4cc(O)ccc4Cl)n3c2)n(-c2cccc(CN3CCOCC3)c2)n1. The summed E-state index contributed by atoms with van der Waals surface area (Å²) < 4.78 is 9.37. The van der Waals surface area contributed by atoms with Crippen molar-refractivity contribution in [2.24, 2.45) is 0 Å². The Kier molecular flexibility index (Phi) is 10.3. The van der Waals surface area contributed by atoms with Crippen molar-refractivity contribution >= 4 is 34.8 Å². The quantitative estimate of drug-likeness (QED) is 0.144. The van der Waals surface area contributed by atoms with Crippen molar-refractivity contribution in [3.63, 3.8) is 0 Å². The van der Waals surface area contributed by atoms with Gasteiger partial charge < -0.3 is 9.84 Å². The van der Waals surface area contributed by atoms with Crippen molar-refractivity contribution in [1.29, 1.82) is 0 Å². The largest absolute Gasteiger partial charge is 0.508 e. The molecule has 0 radical (unpaired) electrons. The highest BCUT2D eigenvalue weighted by atomic mass is 35.5. The number of ether oxygens (including phenoxy) is 1. The number of aromatic hydroxyl groups is 1. The number of benzene rings is 3. The molecule has 1 aliphatic heterocycles. The second-order valence-electron chi connectivity index (χ2n) is 13.9. The van der Waals surface area contributed by atoms with E-state index >= 15 is 0 Å². The van der Waals surface area contributed by atoms with Crippen LogP contribution in [-0.2, 0) is 34.3 Å². The van der Waals surface area contributed by atoms with Crippen molar-refractivity contribution in [3.05, 3.63) is 119 Å². The van der Waals surface area contributed by atoms with Gasteiger partial charge in [-0.3, -0.25) is 14.1 Å². The van der Waals surface area contributed by atoms with Gasteiger partial charge in [-0.1, -0.05) is 74.5 Å². The van der Waals surface area contributed by atoms with Crippen molar-refractivity contribution in [2.75, 3.05) is 26.3 Å². The van der Waals surface area contributed by atoms with Crippen molar-refractivity contribution in [2.45, 2.75) is 61.8 Å². The van der Waals surface area contributed by atoms with E-state index < -0.39 is 0 Å². The minimum absolute atomic E-state index is 0.105. The first-order chi connectivity index (χ1) is 24.6. The minimum Gasteiger partial charge on any atom is -0.508 e. The molecule has 51 heavy (non-hydrogen) atoms. The molecule has 3 aromatic carbocycles. The van der Waals surface area contributed by atoms with Gasteiger partial charge in [-0.25, -0.2) is 4.68 Å². The van der Waals surface area contributed by atoms with Crippen LogP contribution in [0.1, 0.15) is 49.7 Å². The maximum atomic E-state index is 13.7. The molecule has 7 rings (SSSR count). The van der Waals surface area contributed by atoms with Crippen molar-refractivity contribution in [1.82, 2.24) is 29.3 Å². The molecule has 0 amide bonds. The van der Waals surface area contributed by atoms with Crippen LogP contribution in [0.3, 0.4) is 0 Å². The molecular weight excluding hydrogens is 680 g/mol. The summed E-state index contributed by atoms with van der Waals surface area (Å²) in [6.07, 6.45) is 3.31. The molecule has 3 aromatic heterocycles. The lowest BCUT2D eigenvalue weighted by atomic mass is 9.92. The molecule has 9 nitrogen and oxygen atoms in total. The van der Waals surface area contributed by atoms with Gasteiger partial charge in [0.1, 0.15) is 11.5 Å². The molecule has 0 unspecified atom stereocenters. The number of nitrogens with zero attached hydrogens (tertiary/aromatic N) is 6. The zero-order valence-electron chi connectivity index (χ0n) is 29.1. The number of hydrogen-bond donors (Lipinski definition) is 1. The van der Waals surface area contributed by atoms with Crippen LogP contribution in [-0.4, -0.2) is 66.5 Å². The summed E-state index contributed by atoms with van der Waals surface area (Å²) in [4.78, 5) is 18.1. The Morgan fingerprint density at radius 2 is 1.78 bits per heavy atom. The van der Waals surface area contributed by atoms with E-state index in [-0.39, 0.29) is 16.9 Å². The van der Waals surface area contributed by atoms with Gasteiger partial charge in [-0.15, -0.1) is 10.2 Å². The third-order valence-corrected chi connectivity index (χ3v) is 10.5. The monoisotopic (exact) mass is 720 g/mol. The average Bonchev–Trinajstić information content (AvgIpc) is 3.74. The van der Waals surface area contributed by atoms with Crippen LogP contribution in [0.5, 0.6) is 5.75 Å². The fourth-order valence-corrected chi connectivity index (χ4v) is 7.44. The zero-order valence-corrected chi connectivity index (χ0v) is 30.6. The Bertz CT molecular complexity index is 2180. The molecule has 11 heteroatoms. The van der Waals surface area contributed by atoms with E-state index in [1.54, 1.807) is 30.0 Å². The molecule has 0 bridgehead atoms. The van der Waals surface area contributed by atoms with Crippen molar-refractivity contribution < 1.29 is 14.6 Å². The summed E-state index contributed by atoms with van der Waals surface area (Å²) in [6, 6.07) is 27.5. The maximum absolute atomic E-state index is 13.7. The number of phenolic OH excluding ortho intramolecular Hbond substituents is 1. The maximum Gasteiger partial charge on any atom is 0.170 e. The lowest BCUT2D eigenvalue weighted by molar-refractivity contribution is -0.118. The molecule has 0 atom stereocenters. The number of rotatable bonds is 11. The van der Waals surface area contributed by atoms with Gasteiger partial charge in [0.2, 0.25) is 0 Å². The molecule has 262 valence electrons. The Labute approximate surface area is 307 Å². The van der Waals surface area contributed by atoms with E-state index in [1.165, 1.54) is 5.56 Å². The topological polar surface area (TPSA) is 97.8 Å². The Hall–Kier alpha value is -4.48. The predicted molar refractivity (Wildman–Crippen MR) is 201 cm³/mol. The average molecular weight is 721 g/mol. The zero-order chi connectivity index (χ0) is 35.5. The third-order valence-electron chi connectivity index (χ3n) is 9.03. The van der Waals surface area contributed by atoms with Crippen LogP contribution >= 0.6 is 23.4 Å². The number of carbonyl (C=O) groups is 1. The molecule has 6 aromatic rings. The van der Waals surface area contributed by atoms with Crippen LogP contribution in [0.15, 0.2) is 101 Å². The molecule has 0 aliphatic carbocycles. The van der Waals surface area contributed by atoms with Crippen LogP contribution in [0.25, 0.3) is 22.7 Å². The molecule has 1 fully saturated rings. The van der Waals surface area contributed by atoms with E-state index in [0.717, 1.165) is 65.3 Å². The Morgan fingerprint density at radius 3 is 2.61 bits per heavy atom. The van der Waals surface area contributed by atoms with Crippen molar-refractivity contribution in [3.8, 4) is 22.8 Å². The lowest BCUT2D eigenvalue weighted by Gasteiger charge is -2.26. The van der Waals surface area contributed by atoms with E-state index in [4.69, 9.17) is 21.4 Å². The second-order valence-corrected chi connectivity index (χ2v) is 15.5. The first-order valence-electron chi connectivity index (χ1n) is 17.2. The molecule has 0 spiro atoms. The van der Waals surface area contributed by atoms with E-state index in [0.29, 0.717) is 41.3 Å². The first-order valence-corrected chi connectivity index (χ1v) is 18.4. The van der Waals surface area contributed by atoms with Gasteiger partial charge in [0, 0.05) is 59.4 Å². The predicted octanol–water partition coefficient (Wildman–Crippen LogP) is 7.97. The summed E-state index contributed by atoms with van der Waals surface area (Å²) >= 11 is 8.08. The molecular formula is C40H41ClN6O3S. The molecule has 4 heterocycles. The number of morpholine rings is 1. The summed E-state index contributed by atoms with van der Waals surface area (Å²) in [7, 11) is 0. The van der Waals surface area contributed by atoms with Crippen LogP contribution in [0.4, 0.5) is 0 Å². The number of halogens is 1. The van der Waals surface area contributed by atoms with Crippen LogP contribution in [0.2, 0.25) is 5.02 Å².